The zero-order chi connectivity index (χ0) is 14.7. The Hall–Kier alpha value is -2.20. The summed E-state index contributed by atoms with van der Waals surface area (Å²) in [6.07, 6.45) is 3.73. The predicted molar refractivity (Wildman–Crippen MR) is 88.7 cm³/mol. The quantitative estimate of drug-likeness (QED) is 0.583. The Morgan fingerprint density at radius 2 is 1.95 bits per heavy atom. The Labute approximate surface area is 128 Å². The van der Waals surface area contributed by atoms with Crippen molar-refractivity contribution < 1.29 is 0 Å². The molecule has 106 valence electrons. The highest BCUT2D eigenvalue weighted by Crippen LogP contribution is 2.27. The Morgan fingerprint density at radius 3 is 2.62 bits per heavy atom. The van der Waals surface area contributed by atoms with Gasteiger partial charge in [-0.25, -0.2) is 4.68 Å². The molecular weight excluding hydrogens is 278 g/mol. The van der Waals surface area contributed by atoms with E-state index in [2.05, 4.69) is 42.4 Å². The lowest BCUT2D eigenvalue weighted by Gasteiger charge is -2.07. The number of hydrogen-bond acceptors (Lipinski definition) is 3. The Kier molecular flexibility index (Phi) is 3.97. The number of rotatable bonds is 4. The van der Waals surface area contributed by atoms with Crippen LogP contribution in [0.2, 0.25) is 0 Å². The molecular formula is C17H17N3S. The maximum absolute atomic E-state index is 5.78. The molecule has 0 bridgehead atoms. The van der Waals surface area contributed by atoms with Crippen molar-refractivity contribution in [3.05, 3.63) is 72.1 Å². The van der Waals surface area contributed by atoms with Crippen LogP contribution in [-0.2, 0) is 5.75 Å². The summed E-state index contributed by atoms with van der Waals surface area (Å²) in [7, 11) is 0. The molecule has 21 heavy (non-hydrogen) atoms. The molecule has 3 rings (SSSR count). The van der Waals surface area contributed by atoms with Gasteiger partial charge in [0.1, 0.15) is 0 Å². The van der Waals surface area contributed by atoms with Gasteiger partial charge in [0.15, 0.2) is 0 Å². The van der Waals surface area contributed by atoms with Gasteiger partial charge in [-0.3, -0.25) is 0 Å². The molecule has 0 aliphatic rings. The first kappa shape index (κ1) is 13.8. The molecule has 0 saturated carbocycles. The van der Waals surface area contributed by atoms with Crippen molar-refractivity contribution in [3.63, 3.8) is 0 Å². The number of nitrogens with zero attached hydrogens (tertiary/aromatic N) is 2. The number of nitrogens with two attached hydrogens (primary N) is 1. The van der Waals surface area contributed by atoms with Gasteiger partial charge < -0.3 is 5.73 Å². The van der Waals surface area contributed by atoms with Crippen molar-refractivity contribution in [2.75, 3.05) is 5.73 Å². The van der Waals surface area contributed by atoms with Crippen molar-refractivity contribution in [2.24, 2.45) is 0 Å². The van der Waals surface area contributed by atoms with Crippen LogP contribution in [0.5, 0.6) is 0 Å². The first-order valence-corrected chi connectivity index (χ1v) is 7.79. The van der Waals surface area contributed by atoms with Gasteiger partial charge in [-0.15, -0.1) is 11.8 Å². The SMILES string of the molecule is Cc1cc(N)ccc1SCc1ccc(-n2cccn2)cc1. The fourth-order valence-corrected chi connectivity index (χ4v) is 3.13. The molecule has 0 amide bonds. The number of aryl methyl sites for hydroxylation is 1. The molecule has 0 aliphatic carbocycles. The number of benzene rings is 2. The van der Waals surface area contributed by atoms with Crippen LogP contribution in [0.25, 0.3) is 5.69 Å². The third kappa shape index (κ3) is 3.28. The van der Waals surface area contributed by atoms with E-state index in [4.69, 9.17) is 5.73 Å². The molecule has 0 radical (unpaired) electrons. The van der Waals surface area contributed by atoms with Crippen LogP contribution in [0, 0.1) is 6.92 Å². The van der Waals surface area contributed by atoms with Gasteiger partial charge in [0.2, 0.25) is 0 Å². The number of nitrogen functional groups attached to an aromatic ring is 1. The fourth-order valence-electron chi connectivity index (χ4n) is 2.16. The Morgan fingerprint density at radius 1 is 1.14 bits per heavy atom. The second-order valence-electron chi connectivity index (χ2n) is 4.93. The zero-order valence-electron chi connectivity index (χ0n) is 11.9. The Bertz CT molecular complexity index is 718. The van der Waals surface area contributed by atoms with E-state index in [-0.39, 0.29) is 0 Å². The van der Waals surface area contributed by atoms with Gasteiger partial charge in [-0.05, 0) is 54.4 Å². The second-order valence-corrected chi connectivity index (χ2v) is 5.95. The third-order valence-corrected chi connectivity index (χ3v) is 4.55. The highest BCUT2D eigenvalue weighted by molar-refractivity contribution is 7.98. The second kappa shape index (κ2) is 6.06. The summed E-state index contributed by atoms with van der Waals surface area (Å²) < 4.78 is 1.86. The first-order chi connectivity index (χ1) is 10.2. The minimum absolute atomic E-state index is 0.820. The molecule has 0 aliphatic heterocycles. The molecule has 4 heteroatoms. The standard InChI is InChI=1S/C17H17N3S/c1-13-11-15(18)5-8-17(13)21-12-14-3-6-16(7-4-14)20-10-2-9-19-20/h2-11H,12,18H2,1H3. The molecule has 2 aromatic carbocycles. The smallest absolute Gasteiger partial charge is 0.0645 e. The largest absolute Gasteiger partial charge is 0.399 e. The van der Waals surface area contributed by atoms with E-state index in [1.165, 1.54) is 16.0 Å². The predicted octanol–water partition coefficient (Wildman–Crippen LogP) is 4.06. The van der Waals surface area contributed by atoms with E-state index in [0.29, 0.717) is 0 Å². The van der Waals surface area contributed by atoms with E-state index in [1.807, 2.05) is 40.8 Å². The minimum Gasteiger partial charge on any atom is -0.399 e. The van der Waals surface area contributed by atoms with Crippen LogP contribution in [0.1, 0.15) is 11.1 Å². The molecule has 1 aromatic heterocycles. The van der Waals surface area contributed by atoms with E-state index >= 15 is 0 Å². The van der Waals surface area contributed by atoms with Crippen molar-refractivity contribution in [3.8, 4) is 5.69 Å². The molecule has 0 fully saturated rings. The minimum atomic E-state index is 0.820. The number of aromatic nitrogens is 2. The number of anilines is 1. The monoisotopic (exact) mass is 295 g/mol. The molecule has 0 saturated heterocycles. The molecule has 0 spiro atoms. The van der Waals surface area contributed by atoms with Crippen molar-refractivity contribution in [2.45, 2.75) is 17.6 Å². The van der Waals surface area contributed by atoms with Gasteiger partial charge in [0.25, 0.3) is 0 Å². The average Bonchev–Trinajstić information content (AvgIpc) is 3.01. The van der Waals surface area contributed by atoms with Gasteiger partial charge in [0.05, 0.1) is 5.69 Å². The summed E-state index contributed by atoms with van der Waals surface area (Å²) in [5, 5.41) is 4.23. The van der Waals surface area contributed by atoms with E-state index in [0.717, 1.165) is 17.1 Å². The van der Waals surface area contributed by atoms with Crippen LogP contribution in [0.3, 0.4) is 0 Å². The maximum atomic E-state index is 5.78. The molecule has 3 nitrogen and oxygen atoms in total. The van der Waals surface area contributed by atoms with E-state index < -0.39 is 0 Å². The number of hydrogen-bond donors (Lipinski definition) is 1. The highest BCUT2D eigenvalue weighted by Gasteiger charge is 2.02. The van der Waals surface area contributed by atoms with Crippen LogP contribution in [0.15, 0.2) is 65.8 Å². The summed E-state index contributed by atoms with van der Waals surface area (Å²) in [5.41, 5.74) is 10.2. The fraction of sp³-hybridized carbons (Fsp3) is 0.118. The molecule has 1 heterocycles. The lowest BCUT2D eigenvalue weighted by Crippen LogP contribution is -1.94. The third-order valence-electron chi connectivity index (χ3n) is 3.30. The molecule has 0 atom stereocenters. The summed E-state index contributed by atoms with van der Waals surface area (Å²) in [6, 6.07) is 16.5. The first-order valence-electron chi connectivity index (χ1n) is 6.80. The lowest BCUT2D eigenvalue weighted by molar-refractivity contribution is 0.880. The van der Waals surface area contributed by atoms with Gasteiger partial charge >= 0.3 is 0 Å². The van der Waals surface area contributed by atoms with Gasteiger partial charge in [0, 0.05) is 28.7 Å². The van der Waals surface area contributed by atoms with Crippen LogP contribution in [-0.4, -0.2) is 9.78 Å². The van der Waals surface area contributed by atoms with Crippen molar-refractivity contribution in [1.82, 2.24) is 9.78 Å². The van der Waals surface area contributed by atoms with Gasteiger partial charge in [-0.2, -0.15) is 5.10 Å². The summed E-state index contributed by atoms with van der Waals surface area (Å²) in [4.78, 5) is 1.28. The van der Waals surface area contributed by atoms with Crippen LogP contribution >= 0.6 is 11.8 Å². The number of thioether (sulfide) groups is 1. The normalized spacial score (nSPS) is 10.7. The topological polar surface area (TPSA) is 43.8 Å². The maximum Gasteiger partial charge on any atom is 0.0645 e. The average molecular weight is 295 g/mol. The highest BCUT2D eigenvalue weighted by atomic mass is 32.2. The van der Waals surface area contributed by atoms with Gasteiger partial charge in [-0.1, -0.05) is 12.1 Å². The molecule has 2 N–H and O–H groups in total. The van der Waals surface area contributed by atoms with Crippen molar-refractivity contribution in [1.29, 1.82) is 0 Å². The summed E-state index contributed by atoms with van der Waals surface area (Å²) in [5.74, 6) is 0.949. The van der Waals surface area contributed by atoms with E-state index in [9.17, 15) is 0 Å². The molecule has 0 unspecified atom stereocenters. The molecule has 3 aromatic rings. The lowest BCUT2D eigenvalue weighted by atomic mass is 10.2. The summed E-state index contributed by atoms with van der Waals surface area (Å²) >= 11 is 1.83. The van der Waals surface area contributed by atoms with Crippen LogP contribution < -0.4 is 5.73 Å². The van der Waals surface area contributed by atoms with Crippen molar-refractivity contribution >= 4 is 17.4 Å². The van der Waals surface area contributed by atoms with Crippen LogP contribution in [0.4, 0.5) is 5.69 Å². The zero-order valence-corrected chi connectivity index (χ0v) is 12.7. The summed E-state index contributed by atoms with van der Waals surface area (Å²) in [6.45, 7) is 2.10. The van der Waals surface area contributed by atoms with E-state index in [1.54, 1.807) is 6.20 Å². The Balaban J connectivity index is 1.68.